The molecule has 2 fully saturated rings. The molecule has 2 aliphatic rings. The van der Waals surface area contributed by atoms with Crippen molar-refractivity contribution in [3.05, 3.63) is 47.3 Å². The van der Waals surface area contributed by atoms with Crippen molar-refractivity contribution >= 4 is 11.6 Å². The van der Waals surface area contributed by atoms with Crippen LogP contribution in [0.4, 0.5) is 14.5 Å². The van der Waals surface area contributed by atoms with Gasteiger partial charge in [-0.3, -0.25) is 9.78 Å². The number of anilines is 1. The van der Waals surface area contributed by atoms with Crippen LogP contribution in [-0.4, -0.2) is 47.3 Å². The second kappa shape index (κ2) is 8.16. The Bertz CT molecular complexity index is 987. The molecule has 1 aromatic heterocycles. The highest BCUT2D eigenvalue weighted by molar-refractivity contribution is 6.04. The van der Waals surface area contributed by atoms with Gasteiger partial charge in [0.15, 0.2) is 0 Å². The lowest BCUT2D eigenvalue weighted by atomic mass is 9.97. The highest BCUT2D eigenvalue weighted by Crippen LogP contribution is 2.40. The minimum atomic E-state index is -0.700. The van der Waals surface area contributed by atoms with E-state index in [0.29, 0.717) is 47.6 Å². The Labute approximate surface area is 180 Å². The highest BCUT2D eigenvalue weighted by Gasteiger charge is 2.36. The normalized spacial score (nSPS) is 21.9. The second-order valence-electron chi connectivity index (χ2n) is 9.06. The molecule has 1 aromatic carbocycles. The third-order valence-corrected chi connectivity index (χ3v) is 6.16. The van der Waals surface area contributed by atoms with Crippen LogP contribution in [0.3, 0.4) is 0 Å². The molecular weight excluding hydrogens is 402 g/mol. The maximum atomic E-state index is 14.0. The molecule has 0 bridgehead atoms. The van der Waals surface area contributed by atoms with Crippen LogP contribution >= 0.6 is 0 Å². The van der Waals surface area contributed by atoms with E-state index in [1.54, 1.807) is 6.92 Å². The van der Waals surface area contributed by atoms with Crippen molar-refractivity contribution in [3.63, 3.8) is 0 Å². The topological polar surface area (TPSA) is 91.5 Å². The number of aromatic nitrogens is 1. The zero-order valence-corrected chi connectivity index (χ0v) is 17.8. The molecule has 4 rings (SSSR count). The van der Waals surface area contributed by atoms with E-state index in [9.17, 15) is 18.7 Å². The molecule has 2 heterocycles. The van der Waals surface area contributed by atoms with Crippen LogP contribution in [0.5, 0.6) is 0 Å². The van der Waals surface area contributed by atoms with Gasteiger partial charge in [0.05, 0.1) is 23.9 Å². The predicted octanol–water partition coefficient (Wildman–Crippen LogP) is 2.76. The fourth-order valence-electron chi connectivity index (χ4n) is 4.36. The molecule has 166 valence electrons. The molecule has 1 saturated carbocycles. The number of carbonyl (C=O) groups is 1. The van der Waals surface area contributed by atoms with Gasteiger partial charge in [-0.2, -0.15) is 0 Å². The predicted molar refractivity (Wildman–Crippen MR) is 115 cm³/mol. The van der Waals surface area contributed by atoms with Gasteiger partial charge < -0.3 is 21.1 Å². The Morgan fingerprint density at radius 2 is 2.03 bits per heavy atom. The quantitative estimate of drug-likeness (QED) is 0.656. The minimum Gasteiger partial charge on any atom is -0.394 e. The Kier molecular flexibility index (Phi) is 5.70. The summed E-state index contributed by atoms with van der Waals surface area (Å²) in [6.45, 7) is 4.65. The van der Waals surface area contributed by atoms with Crippen molar-refractivity contribution in [3.8, 4) is 11.1 Å². The lowest BCUT2D eigenvalue weighted by molar-refractivity contribution is 0.0908. The van der Waals surface area contributed by atoms with Crippen molar-refractivity contribution in [1.29, 1.82) is 0 Å². The molecule has 0 spiro atoms. The number of carbonyl (C=O) groups excluding carboxylic acids is 1. The maximum absolute atomic E-state index is 14.0. The average Bonchev–Trinajstić information content (AvgIpc) is 3.47. The van der Waals surface area contributed by atoms with Crippen molar-refractivity contribution in [2.24, 2.45) is 11.7 Å². The number of benzene rings is 1. The third-order valence-electron chi connectivity index (χ3n) is 6.16. The van der Waals surface area contributed by atoms with Crippen LogP contribution in [0, 0.1) is 24.5 Å². The number of hydrogen-bond donors (Lipinski definition) is 3. The summed E-state index contributed by atoms with van der Waals surface area (Å²) in [6, 6.07) is 2.99. The number of nitrogens with two attached hydrogens (primary N) is 1. The monoisotopic (exact) mass is 430 g/mol. The molecule has 1 aliphatic heterocycles. The van der Waals surface area contributed by atoms with Gasteiger partial charge in [-0.1, -0.05) is 0 Å². The van der Waals surface area contributed by atoms with E-state index in [1.165, 1.54) is 18.3 Å². The van der Waals surface area contributed by atoms with E-state index in [-0.39, 0.29) is 24.5 Å². The molecule has 2 aromatic rings. The number of pyridine rings is 1. The van der Waals surface area contributed by atoms with Gasteiger partial charge in [-0.15, -0.1) is 0 Å². The number of rotatable bonds is 6. The highest BCUT2D eigenvalue weighted by atomic mass is 19.1. The molecule has 4 N–H and O–H groups in total. The van der Waals surface area contributed by atoms with Gasteiger partial charge in [0.25, 0.3) is 5.91 Å². The Morgan fingerprint density at radius 3 is 2.58 bits per heavy atom. The van der Waals surface area contributed by atoms with Gasteiger partial charge in [0.2, 0.25) is 0 Å². The van der Waals surface area contributed by atoms with E-state index in [1.807, 2.05) is 11.8 Å². The number of aliphatic hydroxyl groups is 1. The first kappa shape index (κ1) is 21.6. The Morgan fingerprint density at radius 1 is 1.35 bits per heavy atom. The zero-order valence-electron chi connectivity index (χ0n) is 17.8. The summed E-state index contributed by atoms with van der Waals surface area (Å²) < 4.78 is 28.1. The number of nitrogens with zero attached hydrogens (tertiary/aromatic N) is 2. The van der Waals surface area contributed by atoms with E-state index < -0.39 is 17.2 Å². The van der Waals surface area contributed by atoms with Gasteiger partial charge in [-0.05, 0) is 56.7 Å². The van der Waals surface area contributed by atoms with Gasteiger partial charge in [0.1, 0.15) is 11.6 Å². The number of amides is 1. The van der Waals surface area contributed by atoms with Crippen molar-refractivity contribution < 1.29 is 18.7 Å². The summed E-state index contributed by atoms with van der Waals surface area (Å²) in [5.74, 6) is -1.49. The Hall–Kier alpha value is -2.58. The molecule has 0 radical (unpaired) electrons. The summed E-state index contributed by atoms with van der Waals surface area (Å²) in [4.78, 5) is 19.6. The molecule has 1 saturated heterocycles. The SMILES string of the molecule is Cc1ncc(C(=O)NC(CO)C2CC2)c(N2CC[C@](C)(N)C2)c1-c1cc(F)cc(F)c1. The van der Waals surface area contributed by atoms with Crippen LogP contribution < -0.4 is 16.0 Å². The molecule has 31 heavy (non-hydrogen) atoms. The first-order valence-electron chi connectivity index (χ1n) is 10.6. The van der Waals surface area contributed by atoms with Gasteiger partial charge in [0, 0.05) is 42.1 Å². The number of halogens is 2. The largest absolute Gasteiger partial charge is 0.394 e. The average molecular weight is 430 g/mol. The van der Waals surface area contributed by atoms with Crippen LogP contribution in [0.1, 0.15) is 42.2 Å². The summed E-state index contributed by atoms with van der Waals surface area (Å²) in [6.07, 6.45) is 4.15. The second-order valence-corrected chi connectivity index (χ2v) is 9.06. The summed E-state index contributed by atoms with van der Waals surface area (Å²) >= 11 is 0. The van der Waals surface area contributed by atoms with E-state index >= 15 is 0 Å². The van der Waals surface area contributed by atoms with Crippen LogP contribution in [0.25, 0.3) is 11.1 Å². The fraction of sp³-hybridized carbons (Fsp3) is 0.478. The van der Waals surface area contributed by atoms with Crippen LogP contribution in [-0.2, 0) is 0 Å². The maximum Gasteiger partial charge on any atom is 0.255 e. The number of hydrogen-bond acceptors (Lipinski definition) is 5. The Balaban J connectivity index is 1.83. The summed E-state index contributed by atoms with van der Waals surface area (Å²) in [7, 11) is 0. The summed E-state index contributed by atoms with van der Waals surface area (Å²) in [5.41, 5.74) is 8.16. The van der Waals surface area contributed by atoms with Gasteiger partial charge >= 0.3 is 0 Å². The molecule has 1 unspecified atom stereocenters. The molecular formula is C23H28F2N4O2. The van der Waals surface area contributed by atoms with E-state index in [0.717, 1.165) is 18.9 Å². The lowest BCUT2D eigenvalue weighted by Crippen LogP contribution is -2.41. The minimum absolute atomic E-state index is 0.141. The standard InChI is InChI=1S/C23H28F2N4O2/c1-13-20(15-7-16(24)9-17(25)8-15)21(29-6-5-23(2,26)12-29)18(10-27-13)22(31)28-19(11-30)14-3-4-14/h7-10,14,19,30H,3-6,11-12,26H2,1-2H3,(H,28,31)/t19?,23-/m0/s1. The first-order valence-corrected chi connectivity index (χ1v) is 10.6. The van der Waals surface area contributed by atoms with Gasteiger partial charge in [-0.25, -0.2) is 8.78 Å². The fourth-order valence-corrected chi connectivity index (χ4v) is 4.36. The van der Waals surface area contributed by atoms with Crippen molar-refractivity contribution in [1.82, 2.24) is 10.3 Å². The lowest BCUT2D eigenvalue weighted by Gasteiger charge is -2.28. The molecule has 8 heteroatoms. The van der Waals surface area contributed by atoms with Crippen LogP contribution in [0.2, 0.25) is 0 Å². The molecule has 1 amide bonds. The van der Waals surface area contributed by atoms with Crippen molar-refractivity contribution in [2.75, 3.05) is 24.6 Å². The van der Waals surface area contributed by atoms with Crippen molar-refractivity contribution in [2.45, 2.75) is 44.7 Å². The van der Waals surface area contributed by atoms with E-state index in [4.69, 9.17) is 5.73 Å². The van der Waals surface area contributed by atoms with E-state index in [2.05, 4.69) is 10.3 Å². The molecule has 2 atom stereocenters. The third kappa shape index (κ3) is 4.55. The number of aliphatic hydroxyl groups excluding tert-OH is 1. The molecule has 6 nitrogen and oxygen atoms in total. The molecule has 1 aliphatic carbocycles. The smallest absolute Gasteiger partial charge is 0.255 e. The summed E-state index contributed by atoms with van der Waals surface area (Å²) in [5, 5.41) is 12.6. The number of nitrogens with one attached hydrogen (secondary N) is 1. The number of aryl methyl sites for hydroxylation is 1. The first-order chi connectivity index (χ1) is 14.7. The van der Waals surface area contributed by atoms with Crippen LogP contribution in [0.15, 0.2) is 24.4 Å². The zero-order chi connectivity index (χ0) is 22.3.